The van der Waals surface area contributed by atoms with Crippen molar-refractivity contribution in [3.8, 4) is 11.5 Å². The minimum absolute atomic E-state index is 0.0481. The molecular weight excluding hydrogens is 336 g/mol. The topological polar surface area (TPSA) is 85.9 Å². The fourth-order valence-electron chi connectivity index (χ4n) is 2.82. The van der Waals surface area contributed by atoms with Crippen LogP contribution >= 0.6 is 0 Å². The first-order valence-electron chi connectivity index (χ1n) is 8.73. The van der Waals surface area contributed by atoms with Gasteiger partial charge in [0.05, 0.1) is 31.4 Å². The number of esters is 1. The second kappa shape index (κ2) is 8.60. The van der Waals surface area contributed by atoms with Crippen LogP contribution in [0.15, 0.2) is 29.5 Å². The third-order valence-electron chi connectivity index (χ3n) is 3.89. The molecule has 0 radical (unpaired) electrons. The zero-order chi connectivity index (χ0) is 19.3. The van der Waals surface area contributed by atoms with Crippen LogP contribution in [0, 0.1) is 0 Å². The third kappa shape index (κ3) is 4.28. The molecule has 0 saturated heterocycles. The molecule has 7 nitrogen and oxygen atoms in total. The summed E-state index contributed by atoms with van der Waals surface area (Å²) in [6, 6.07) is 4.35. The van der Waals surface area contributed by atoms with Crippen molar-refractivity contribution in [1.29, 1.82) is 0 Å². The summed E-state index contributed by atoms with van der Waals surface area (Å²) in [5.74, 6) is 0.679. The molecule has 2 rings (SSSR count). The van der Waals surface area contributed by atoms with E-state index in [1.54, 1.807) is 32.2 Å². The predicted molar refractivity (Wildman–Crippen MR) is 97.1 cm³/mol. The maximum atomic E-state index is 12.5. The molecule has 26 heavy (non-hydrogen) atoms. The summed E-state index contributed by atoms with van der Waals surface area (Å²) in [6.45, 7) is 7.70. The predicted octanol–water partition coefficient (Wildman–Crippen LogP) is 3.06. The maximum Gasteiger partial charge on any atom is 0.338 e. The van der Waals surface area contributed by atoms with Gasteiger partial charge < -0.3 is 24.8 Å². The van der Waals surface area contributed by atoms with Crippen molar-refractivity contribution in [2.45, 2.75) is 46.3 Å². The highest BCUT2D eigenvalue weighted by molar-refractivity contribution is 5.95. The van der Waals surface area contributed by atoms with Crippen LogP contribution in [-0.4, -0.2) is 31.8 Å². The van der Waals surface area contributed by atoms with E-state index in [0.717, 1.165) is 0 Å². The standard InChI is InChI=1S/C19H26N2O5/c1-6-13-16(18(22)25-7-2)17(21-19(23)20-13)12-8-9-14(24-5)15(10-12)26-11(3)4/h8-11,17H,6-7H2,1-5H3,(H2,20,21,23). The van der Waals surface area contributed by atoms with Crippen molar-refractivity contribution in [3.63, 3.8) is 0 Å². The molecule has 0 spiro atoms. The average Bonchev–Trinajstić information content (AvgIpc) is 2.60. The molecule has 142 valence electrons. The zero-order valence-electron chi connectivity index (χ0n) is 15.8. The van der Waals surface area contributed by atoms with E-state index in [9.17, 15) is 9.59 Å². The van der Waals surface area contributed by atoms with Crippen molar-refractivity contribution in [3.05, 3.63) is 35.0 Å². The van der Waals surface area contributed by atoms with E-state index in [0.29, 0.717) is 34.8 Å². The Morgan fingerprint density at radius 2 is 1.96 bits per heavy atom. The lowest BCUT2D eigenvalue weighted by Crippen LogP contribution is -2.45. The minimum atomic E-state index is -0.627. The van der Waals surface area contributed by atoms with E-state index in [-0.39, 0.29) is 18.7 Å². The monoisotopic (exact) mass is 362 g/mol. The lowest BCUT2D eigenvalue weighted by atomic mass is 9.94. The first-order chi connectivity index (χ1) is 12.4. The van der Waals surface area contributed by atoms with Gasteiger partial charge in [-0.25, -0.2) is 9.59 Å². The number of hydrogen-bond acceptors (Lipinski definition) is 5. The van der Waals surface area contributed by atoms with Crippen LogP contribution in [0.25, 0.3) is 0 Å². The van der Waals surface area contributed by atoms with Crippen LogP contribution in [0.1, 0.15) is 45.7 Å². The SMILES string of the molecule is CCOC(=O)C1=C(CC)NC(=O)NC1c1ccc(OC)c(OC(C)C)c1. The Kier molecular flexibility index (Phi) is 6.49. The number of benzene rings is 1. The molecule has 2 amide bonds. The van der Waals surface area contributed by atoms with E-state index in [4.69, 9.17) is 14.2 Å². The Hall–Kier alpha value is -2.70. The Morgan fingerprint density at radius 3 is 2.54 bits per heavy atom. The minimum Gasteiger partial charge on any atom is -0.493 e. The number of carbonyl (C=O) groups excluding carboxylic acids is 2. The van der Waals surface area contributed by atoms with E-state index < -0.39 is 12.0 Å². The van der Waals surface area contributed by atoms with E-state index in [1.807, 2.05) is 20.8 Å². The molecule has 0 aromatic heterocycles. The van der Waals surface area contributed by atoms with Crippen LogP contribution < -0.4 is 20.1 Å². The normalized spacial score (nSPS) is 16.8. The molecule has 1 unspecified atom stereocenters. The Bertz CT molecular complexity index is 712. The summed E-state index contributed by atoms with van der Waals surface area (Å²) in [4.78, 5) is 24.6. The van der Waals surface area contributed by atoms with Gasteiger partial charge in [-0.2, -0.15) is 0 Å². The first kappa shape index (κ1) is 19.6. The zero-order valence-corrected chi connectivity index (χ0v) is 15.8. The molecule has 0 fully saturated rings. The van der Waals surface area contributed by atoms with Crippen molar-refractivity contribution < 1.29 is 23.8 Å². The van der Waals surface area contributed by atoms with Gasteiger partial charge in [0.1, 0.15) is 0 Å². The van der Waals surface area contributed by atoms with E-state index in [2.05, 4.69) is 10.6 Å². The number of urea groups is 1. The molecule has 7 heteroatoms. The fraction of sp³-hybridized carbons (Fsp3) is 0.474. The highest BCUT2D eigenvalue weighted by Crippen LogP contribution is 2.35. The van der Waals surface area contributed by atoms with Gasteiger partial charge in [-0.15, -0.1) is 0 Å². The molecule has 0 saturated carbocycles. The fourth-order valence-corrected chi connectivity index (χ4v) is 2.82. The Balaban J connectivity index is 2.52. The van der Waals surface area contributed by atoms with Gasteiger partial charge >= 0.3 is 12.0 Å². The first-order valence-corrected chi connectivity index (χ1v) is 8.73. The van der Waals surface area contributed by atoms with Gasteiger partial charge in [0, 0.05) is 5.70 Å². The number of allylic oxidation sites excluding steroid dienone is 1. The van der Waals surface area contributed by atoms with E-state index >= 15 is 0 Å². The Labute approximate surface area is 153 Å². The van der Waals surface area contributed by atoms with Gasteiger partial charge in [-0.05, 0) is 44.9 Å². The third-order valence-corrected chi connectivity index (χ3v) is 3.89. The highest BCUT2D eigenvalue weighted by atomic mass is 16.5. The molecule has 1 atom stereocenters. The van der Waals surface area contributed by atoms with Crippen molar-refractivity contribution in [2.24, 2.45) is 0 Å². The smallest absolute Gasteiger partial charge is 0.338 e. The van der Waals surface area contributed by atoms with Gasteiger partial charge in [-0.3, -0.25) is 0 Å². The van der Waals surface area contributed by atoms with Gasteiger partial charge in [-0.1, -0.05) is 13.0 Å². The van der Waals surface area contributed by atoms with Crippen LogP contribution in [-0.2, 0) is 9.53 Å². The second-order valence-electron chi connectivity index (χ2n) is 6.07. The van der Waals surface area contributed by atoms with Gasteiger partial charge in [0.25, 0.3) is 0 Å². The summed E-state index contributed by atoms with van der Waals surface area (Å²) in [6.07, 6.45) is 0.455. The molecule has 2 N–H and O–H groups in total. The Morgan fingerprint density at radius 1 is 1.23 bits per heavy atom. The van der Waals surface area contributed by atoms with Crippen molar-refractivity contribution in [1.82, 2.24) is 10.6 Å². The number of rotatable bonds is 7. The van der Waals surface area contributed by atoms with Gasteiger partial charge in [0.2, 0.25) is 0 Å². The second-order valence-corrected chi connectivity index (χ2v) is 6.07. The number of methoxy groups -OCH3 is 1. The largest absolute Gasteiger partial charge is 0.493 e. The van der Waals surface area contributed by atoms with Crippen LogP contribution in [0.3, 0.4) is 0 Å². The number of nitrogens with one attached hydrogen (secondary N) is 2. The molecule has 1 aromatic carbocycles. The quantitative estimate of drug-likeness (QED) is 0.728. The summed E-state index contributed by atoms with van der Waals surface area (Å²) >= 11 is 0. The molecule has 1 aliphatic heterocycles. The number of amides is 2. The molecule has 1 aromatic rings. The van der Waals surface area contributed by atoms with Crippen LogP contribution in [0.5, 0.6) is 11.5 Å². The van der Waals surface area contributed by atoms with Crippen molar-refractivity contribution in [2.75, 3.05) is 13.7 Å². The molecule has 1 heterocycles. The average molecular weight is 362 g/mol. The van der Waals surface area contributed by atoms with Gasteiger partial charge in [0.15, 0.2) is 11.5 Å². The molecule has 0 aliphatic carbocycles. The molecule has 0 bridgehead atoms. The van der Waals surface area contributed by atoms with Crippen molar-refractivity contribution >= 4 is 12.0 Å². The van der Waals surface area contributed by atoms with Crippen LogP contribution in [0.4, 0.5) is 4.79 Å². The summed E-state index contributed by atoms with van der Waals surface area (Å²) in [5, 5.41) is 5.50. The number of carbonyl (C=O) groups is 2. The molecular formula is C19H26N2O5. The summed E-state index contributed by atoms with van der Waals surface area (Å²) < 4.78 is 16.3. The number of hydrogen-bond donors (Lipinski definition) is 2. The highest BCUT2D eigenvalue weighted by Gasteiger charge is 2.33. The summed E-state index contributed by atoms with van der Waals surface area (Å²) in [7, 11) is 1.56. The molecule has 1 aliphatic rings. The number of ether oxygens (including phenoxy) is 3. The maximum absolute atomic E-state index is 12.5. The summed E-state index contributed by atoms with van der Waals surface area (Å²) in [5.41, 5.74) is 1.67. The lowest BCUT2D eigenvalue weighted by Gasteiger charge is -2.29. The van der Waals surface area contributed by atoms with E-state index in [1.165, 1.54) is 0 Å². The van der Waals surface area contributed by atoms with Crippen LogP contribution in [0.2, 0.25) is 0 Å². The lowest BCUT2D eigenvalue weighted by molar-refractivity contribution is -0.139.